The molecule has 4 atom stereocenters. The summed E-state index contributed by atoms with van der Waals surface area (Å²) >= 11 is 0. The van der Waals surface area contributed by atoms with Crippen molar-refractivity contribution in [3.05, 3.63) is 35.5 Å². The Balaban J connectivity index is 1.62. The highest BCUT2D eigenvalue weighted by Gasteiger charge is 2.51. The lowest BCUT2D eigenvalue weighted by atomic mass is 9.64. The van der Waals surface area contributed by atoms with Gasteiger partial charge in [-0.1, -0.05) is 31.5 Å². The molecule has 0 radical (unpaired) electrons. The van der Waals surface area contributed by atoms with Crippen LogP contribution in [0.3, 0.4) is 0 Å². The Labute approximate surface area is 150 Å². The van der Waals surface area contributed by atoms with E-state index in [2.05, 4.69) is 41.1 Å². The maximum absolute atomic E-state index is 10.2. The number of para-hydroxylation sites is 1. The fourth-order valence-corrected chi connectivity index (χ4v) is 6.28. The van der Waals surface area contributed by atoms with Crippen molar-refractivity contribution in [3.8, 4) is 0 Å². The Morgan fingerprint density at radius 2 is 2.12 bits per heavy atom. The van der Waals surface area contributed by atoms with Crippen molar-refractivity contribution in [2.75, 3.05) is 13.1 Å². The van der Waals surface area contributed by atoms with E-state index in [1.807, 2.05) is 0 Å². The van der Waals surface area contributed by atoms with Crippen molar-refractivity contribution in [3.63, 3.8) is 0 Å². The molecule has 2 aliphatic heterocycles. The monoisotopic (exact) mass is 338 g/mol. The summed E-state index contributed by atoms with van der Waals surface area (Å²) in [6.45, 7) is 4.75. The molecule has 0 spiro atoms. The zero-order valence-electron chi connectivity index (χ0n) is 15.3. The van der Waals surface area contributed by atoms with Crippen LogP contribution in [0.1, 0.15) is 56.7 Å². The molecule has 1 aromatic carbocycles. The Bertz CT molecular complexity index is 781. The second-order valence-electron chi connectivity index (χ2n) is 8.69. The van der Waals surface area contributed by atoms with Crippen molar-refractivity contribution in [1.29, 1.82) is 0 Å². The zero-order chi connectivity index (χ0) is 17.0. The largest absolute Gasteiger partial charge is 0.393 e. The summed E-state index contributed by atoms with van der Waals surface area (Å²) < 4.78 is 0. The summed E-state index contributed by atoms with van der Waals surface area (Å²) in [6.07, 6.45) is 8.00. The van der Waals surface area contributed by atoms with Gasteiger partial charge in [-0.15, -0.1) is 0 Å². The molecule has 2 unspecified atom stereocenters. The van der Waals surface area contributed by atoms with Crippen LogP contribution in [0.15, 0.2) is 24.3 Å². The van der Waals surface area contributed by atoms with E-state index in [-0.39, 0.29) is 11.6 Å². The predicted octanol–water partition coefficient (Wildman–Crippen LogP) is 4.20. The molecular weight excluding hydrogens is 308 g/mol. The number of rotatable bonds is 2. The van der Waals surface area contributed by atoms with E-state index in [1.54, 1.807) is 5.56 Å². The molecule has 3 heterocycles. The summed E-state index contributed by atoms with van der Waals surface area (Å²) in [6, 6.07) is 8.83. The summed E-state index contributed by atoms with van der Waals surface area (Å²) in [7, 11) is 0. The van der Waals surface area contributed by atoms with Crippen molar-refractivity contribution < 1.29 is 5.11 Å². The SMILES string of the molecule is CCC[C@@]12CC3C[C@H](O)CCC3CN1CCc1c2[nH]c2ccccc12. The summed E-state index contributed by atoms with van der Waals surface area (Å²) in [5.41, 5.74) is 4.53. The van der Waals surface area contributed by atoms with Gasteiger partial charge >= 0.3 is 0 Å². The van der Waals surface area contributed by atoms with Gasteiger partial charge in [0.1, 0.15) is 0 Å². The van der Waals surface area contributed by atoms with E-state index >= 15 is 0 Å². The van der Waals surface area contributed by atoms with Crippen LogP contribution in [0.5, 0.6) is 0 Å². The molecule has 2 aromatic rings. The topological polar surface area (TPSA) is 39.3 Å². The number of piperidine rings is 1. The van der Waals surface area contributed by atoms with Crippen LogP contribution < -0.4 is 0 Å². The molecule has 5 rings (SSSR count). The van der Waals surface area contributed by atoms with Crippen LogP contribution in [0.2, 0.25) is 0 Å². The first-order valence-electron chi connectivity index (χ1n) is 10.2. The highest BCUT2D eigenvalue weighted by atomic mass is 16.3. The van der Waals surface area contributed by atoms with Crippen molar-refractivity contribution >= 4 is 10.9 Å². The van der Waals surface area contributed by atoms with Crippen molar-refractivity contribution in [1.82, 2.24) is 9.88 Å². The first kappa shape index (κ1) is 15.9. The summed E-state index contributed by atoms with van der Waals surface area (Å²) in [4.78, 5) is 6.66. The van der Waals surface area contributed by atoms with Crippen molar-refractivity contribution in [2.24, 2.45) is 11.8 Å². The van der Waals surface area contributed by atoms with Gasteiger partial charge in [0.2, 0.25) is 0 Å². The maximum atomic E-state index is 10.2. The molecule has 2 fully saturated rings. The lowest BCUT2D eigenvalue weighted by Crippen LogP contribution is -2.58. The van der Waals surface area contributed by atoms with Gasteiger partial charge in [-0.25, -0.2) is 0 Å². The molecule has 134 valence electrons. The lowest BCUT2D eigenvalue weighted by Gasteiger charge is -2.56. The molecular formula is C22H30N2O. The number of benzene rings is 1. The second kappa shape index (κ2) is 5.85. The number of nitrogens with one attached hydrogen (secondary N) is 1. The van der Waals surface area contributed by atoms with Crippen LogP contribution >= 0.6 is 0 Å². The first-order chi connectivity index (χ1) is 12.2. The molecule has 2 N–H and O–H groups in total. The third-order valence-corrected chi connectivity index (χ3v) is 7.35. The smallest absolute Gasteiger partial charge is 0.0617 e. The highest BCUT2D eigenvalue weighted by Crippen LogP contribution is 2.52. The third-order valence-electron chi connectivity index (χ3n) is 7.35. The van der Waals surface area contributed by atoms with E-state index in [1.165, 1.54) is 61.8 Å². The van der Waals surface area contributed by atoms with E-state index in [9.17, 15) is 5.11 Å². The Hall–Kier alpha value is -1.32. The molecule has 1 saturated heterocycles. The number of nitrogens with zero attached hydrogens (tertiary/aromatic N) is 1. The number of H-pyrrole nitrogens is 1. The standard InChI is InChI=1S/C22H30N2O/c1-2-10-22-13-16-12-17(25)8-7-15(16)14-24(22)11-9-19-18-5-3-4-6-20(18)23-21(19)22/h3-6,15-17,23,25H,2,7-14H2,1H3/t15?,16?,17-,22+/m1/s1. The van der Waals surface area contributed by atoms with Gasteiger partial charge < -0.3 is 10.1 Å². The first-order valence-corrected chi connectivity index (χ1v) is 10.2. The molecule has 1 aromatic heterocycles. The Kier molecular flexibility index (Phi) is 3.72. The van der Waals surface area contributed by atoms with Crippen LogP contribution in [0.25, 0.3) is 10.9 Å². The lowest BCUT2D eigenvalue weighted by molar-refractivity contribution is -0.0672. The minimum absolute atomic E-state index is 0.0720. The van der Waals surface area contributed by atoms with Gasteiger partial charge in [-0.05, 0) is 62.0 Å². The molecule has 3 aliphatic rings. The summed E-state index contributed by atoms with van der Waals surface area (Å²) in [5.74, 6) is 1.48. The van der Waals surface area contributed by atoms with Crippen molar-refractivity contribution in [2.45, 2.75) is 63.5 Å². The Morgan fingerprint density at radius 3 is 3.00 bits per heavy atom. The van der Waals surface area contributed by atoms with Gasteiger partial charge in [0.15, 0.2) is 0 Å². The third kappa shape index (κ3) is 2.32. The second-order valence-corrected chi connectivity index (χ2v) is 8.69. The summed E-state index contributed by atoms with van der Waals surface area (Å²) in [5, 5.41) is 11.7. The average Bonchev–Trinajstić information content (AvgIpc) is 3.00. The minimum Gasteiger partial charge on any atom is -0.393 e. The molecule has 25 heavy (non-hydrogen) atoms. The van der Waals surface area contributed by atoms with Gasteiger partial charge in [0.05, 0.1) is 11.6 Å². The van der Waals surface area contributed by atoms with Gasteiger partial charge in [-0.2, -0.15) is 0 Å². The van der Waals surface area contributed by atoms with E-state index in [4.69, 9.17) is 0 Å². The quantitative estimate of drug-likeness (QED) is 0.861. The highest BCUT2D eigenvalue weighted by molar-refractivity contribution is 5.85. The molecule has 3 nitrogen and oxygen atoms in total. The fraction of sp³-hybridized carbons (Fsp3) is 0.636. The van der Waals surface area contributed by atoms with Gasteiger partial charge in [0.25, 0.3) is 0 Å². The van der Waals surface area contributed by atoms with E-state index in [0.29, 0.717) is 5.92 Å². The predicted molar refractivity (Wildman–Crippen MR) is 102 cm³/mol. The van der Waals surface area contributed by atoms with Crippen LogP contribution in [0, 0.1) is 11.8 Å². The number of hydrogen-bond acceptors (Lipinski definition) is 2. The number of aromatic amines is 1. The molecule has 1 saturated carbocycles. The molecule has 0 bridgehead atoms. The maximum Gasteiger partial charge on any atom is 0.0617 e. The number of fused-ring (bicyclic) bond motifs is 6. The van der Waals surface area contributed by atoms with Gasteiger partial charge in [-0.3, -0.25) is 4.90 Å². The van der Waals surface area contributed by atoms with Crippen LogP contribution in [-0.2, 0) is 12.0 Å². The van der Waals surface area contributed by atoms with E-state index < -0.39 is 0 Å². The van der Waals surface area contributed by atoms with Crippen LogP contribution in [-0.4, -0.2) is 34.2 Å². The molecule has 3 heteroatoms. The van der Waals surface area contributed by atoms with Crippen LogP contribution in [0.4, 0.5) is 0 Å². The number of hydrogen-bond donors (Lipinski definition) is 2. The minimum atomic E-state index is -0.0720. The zero-order valence-corrected chi connectivity index (χ0v) is 15.3. The molecule has 1 aliphatic carbocycles. The number of aliphatic hydroxyl groups excluding tert-OH is 1. The fourth-order valence-electron chi connectivity index (χ4n) is 6.28. The number of aliphatic hydroxyl groups is 1. The normalized spacial score (nSPS) is 35.2. The van der Waals surface area contributed by atoms with E-state index in [0.717, 1.165) is 18.8 Å². The number of aromatic nitrogens is 1. The Morgan fingerprint density at radius 1 is 1.24 bits per heavy atom. The molecule has 0 amide bonds. The van der Waals surface area contributed by atoms with Gasteiger partial charge in [0, 0.05) is 29.7 Å². The average molecular weight is 338 g/mol.